The molecule has 5 nitrogen and oxygen atoms in total. The van der Waals surface area contributed by atoms with E-state index >= 15 is 0 Å². The van der Waals surface area contributed by atoms with Gasteiger partial charge in [-0.3, -0.25) is 4.68 Å². The van der Waals surface area contributed by atoms with E-state index in [9.17, 15) is 22.7 Å². The van der Waals surface area contributed by atoms with Gasteiger partial charge in [-0.05, 0) is 36.2 Å². The normalized spacial score (nSPS) is 14.3. The molecule has 1 aromatic carbocycles. The van der Waals surface area contributed by atoms with Crippen molar-refractivity contribution in [3.8, 4) is 0 Å². The fraction of sp³-hybridized carbons (Fsp3) is 0.412. The van der Waals surface area contributed by atoms with Gasteiger partial charge in [0.25, 0.3) is 0 Å². The Labute approximate surface area is 147 Å². The summed E-state index contributed by atoms with van der Waals surface area (Å²) in [5.41, 5.74) is -1.29. The fourth-order valence-corrected chi connectivity index (χ4v) is 2.80. The predicted octanol–water partition coefficient (Wildman–Crippen LogP) is 2.96. The fourth-order valence-electron chi connectivity index (χ4n) is 2.80. The monoisotopic (exact) mass is 373 g/mol. The van der Waals surface area contributed by atoms with Gasteiger partial charge < -0.3 is 15.6 Å². The number of alkyl halides is 3. The number of rotatable bonds is 7. The van der Waals surface area contributed by atoms with Gasteiger partial charge in [-0.2, -0.15) is 18.3 Å². The molecule has 2 rings (SSSR count). The Kier molecular flexibility index (Phi) is 6.14. The highest BCUT2D eigenvalue weighted by molar-refractivity contribution is 6.01. The first-order valence-electron chi connectivity index (χ1n) is 7.95. The zero-order chi connectivity index (χ0) is 19.5. The molecule has 0 spiro atoms. The first-order chi connectivity index (χ1) is 12.2. The summed E-state index contributed by atoms with van der Waals surface area (Å²) in [5.74, 6) is -1.83. The van der Waals surface area contributed by atoms with Crippen molar-refractivity contribution in [2.45, 2.75) is 38.1 Å². The SMILES string of the molecule is CC[C@@H](C(=N)c1ccnn1C[C@H](O)CO)c1cc(F)ccc1C(F)(F)F. The molecule has 0 bridgehead atoms. The summed E-state index contributed by atoms with van der Waals surface area (Å²) in [4.78, 5) is 0. The molecule has 0 saturated carbocycles. The second-order valence-electron chi connectivity index (χ2n) is 5.84. The molecule has 0 amide bonds. The first kappa shape index (κ1) is 20.1. The van der Waals surface area contributed by atoms with E-state index in [0.717, 1.165) is 12.1 Å². The third-order valence-electron chi connectivity index (χ3n) is 4.04. The van der Waals surface area contributed by atoms with Gasteiger partial charge in [-0.25, -0.2) is 4.39 Å². The zero-order valence-corrected chi connectivity index (χ0v) is 14.0. The molecular formula is C17H19F4N3O2. The maximum atomic E-state index is 13.6. The lowest BCUT2D eigenvalue weighted by Crippen LogP contribution is -2.25. The molecule has 0 saturated heterocycles. The van der Waals surface area contributed by atoms with Crippen molar-refractivity contribution in [3.63, 3.8) is 0 Å². The van der Waals surface area contributed by atoms with Gasteiger partial charge >= 0.3 is 6.18 Å². The van der Waals surface area contributed by atoms with Crippen LogP contribution < -0.4 is 0 Å². The maximum absolute atomic E-state index is 13.6. The Morgan fingerprint density at radius 1 is 1.31 bits per heavy atom. The third kappa shape index (κ3) is 4.28. The van der Waals surface area contributed by atoms with E-state index in [4.69, 9.17) is 10.5 Å². The predicted molar refractivity (Wildman–Crippen MR) is 86.6 cm³/mol. The Morgan fingerprint density at radius 3 is 2.58 bits per heavy atom. The molecule has 0 aliphatic rings. The van der Waals surface area contributed by atoms with Gasteiger partial charge in [0.1, 0.15) is 5.82 Å². The Hall–Kier alpha value is -2.26. The van der Waals surface area contributed by atoms with Gasteiger partial charge in [0.2, 0.25) is 0 Å². The molecule has 3 N–H and O–H groups in total. The third-order valence-corrected chi connectivity index (χ3v) is 4.04. The van der Waals surface area contributed by atoms with Crippen molar-refractivity contribution in [2.75, 3.05) is 6.61 Å². The summed E-state index contributed by atoms with van der Waals surface area (Å²) in [5, 5.41) is 30.8. The second-order valence-corrected chi connectivity index (χ2v) is 5.84. The maximum Gasteiger partial charge on any atom is 0.416 e. The molecule has 2 aromatic rings. The van der Waals surface area contributed by atoms with Crippen LogP contribution in [0.3, 0.4) is 0 Å². The number of aliphatic hydroxyl groups excluding tert-OH is 2. The molecule has 1 aromatic heterocycles. The lowest BCUT2D eigenvalue weighted by Gasteiger charge is -2.22. The van der Waals surface area contributed by atoms with Crippen molar-refractivity contribution in [3.05, 3.63) is 53.1 Å². The van der Waals surface area contributed by atoms with Crippen molar-refractivity contribution >= 4 is 5.71 Å². The van der Waals surface area contributed by atoms with Gasteiger partial charge in [-0.1, -0.05) is 6.92 Å². The lowest BCUT2D eigenvalue weighted by atomic mass is 9.86. The van der Waals surface area contributed by atoms with Crippen molar-refractivity contribution in [1.29, 1.82) is 5.41 Å². The summed E-state index contributed by atoms with van der Waals surface area (Å²) < 4.78 is 54.8. The summed E-state index contributed by atoms with van der Waals surface area (Å²) in [6.45, 7) is 0.965. The van der Waals surface area contributed by atoms with Crippen LogP contribution in [0, 0.1) is 11.2 Å². The zero-order valence-electron chi connectivity index (χ0n) is 14.0. The molecule has 0 fully saturated rings. The molecule has 142 valence electrons. The standard InChI is InChI=1S/C17H19F4N3O2/c1-2-12(13-7-10(18)3-4-14(13)17(19,20)21)16(22)15-5-6-23-24(15)8-11(26)9-25/h3-7,11-12,22,25-26H,2,8-9H2,1H3/t11-,12+/m0/s1. The highest BCUT2D eigenvalue weighted by atomic mass is 19.4. The number of hydrogen-bond acceptors (Lipinski definition) is 4. The van der Waals surface area contributed by atoms with Crippen LogP contribution in [0.1, 0.15) is 36.1 Å². The minimum absolute atomic E-state index is 0.118. The Bertz CT molecular complexity index is 774. The van der Waals surface area contributed by atoms with Crippen LogP contribution in [0.25, 0.3) is 0 Å². The van der Waals surface area contributed by atoms with Crippen LogP contribution in [0.5, 0.6) is 0 Å². The number of benzene rings is 1. The topological polar surface area (TPSA) is 82.1 Å². The summed E-state index contributed by atoms with van der Waals surface area (Å²) >= 11 is 0. The number of nitrogens with one attached hydrogen (secondary N) is 1. The van der Waals surface area contributed by atoms with Gasteiger partial charge in [0.05, 0.1) is 36.2 Å². The van der Waals surface area contributed by atoms with Crippen molar-refractivity contribution < 1.29 is 27.8 Å². The van der Waals surface area contributed by atoms with Gasteiger partial charge in [0, 0.05) is 12.1 Å². The van der Waals surface area contributed by atoms with Crippen LogP contribution in [-0.4, -0.2) is 38.4 Å². The molecule has 0 unspecified atom stereocenters. The molecule has 2 atom stereocenters. The summed E-state index contributed by atoms with van der Waals surface area (Å²) in [6.07, 6.45) is -4.32. The molecule has 0 radical (unpaired) electrons. The van der Waals surface area contributed by atoms with Crippen LogP contribution in [0.15, 0.2) is 30.5 Å². The highest BCUT2D eigenvalue weighted by Gasteiger charge is 2.36. The average Bonchev–Trinajstić information content (AvgIpc) is 3.02. The summed E-state index contributed by atoms with van der Waals surface area (Å²) in [7, 11) is 0. The number of hydrogen-bond donors (Lipinski definition) is 3. The molecule has 9 heteroatoms. The van der Waals surface area contributed by atoms with Crippen LogP contribution in [0.4, 0.5) is 17.6 Å². The number of halogens is 4. The summed E-state index contributed by atoms with van der Waals surface area (Å²) in [6, 6.07) is 3.65. The molecule has 0 aliphatic carbocycles. The largest absolute Gasteiger partial charge is 0.416 e. The van der Waals surface area contributed by atoms with E-state index in [-0.39, 0.29) is 29.9 Å². The van der Waals surface area contributed by atoms with E-state index in [1.165, 1.54) is 16.9 Å². The van der Waals surface area contributed by atoms with Gasteiger partial charge in [-0.15, -0.1) is 0 Å². The molecule has 26 heavy (non-hydrogen) atoms. The number of aliphatic hydroxyl groups is 2. The first-order valence-corrected chi connectivity index (χ1v) is 7.95. The smallest absolute Gasteiger partial charge is 0.394 e. The van der Waals surface area contributed by atoms with Crippen LogP contribution >= 0.6 is 0 Å². The van der Waals surface area contributed by atoms with E-state index in [2.05, 4.69) is 5.10 Å². The second kappa shape index (κ2) is 7.96. The number of aromatic nitrogens is 2. The molecular weight excluding hydrogens is 354 g/mol. The lowest BCUT2D eigenvalue weighted by molar-refractivity contribution is -0.138. The van der Waals surface area contributed by atoms with Crippen molar-refractivity contribution in [2.24, 2.45) is 0 Å². The van der Waals surface area contributed by atoms with E-state index in [1.807, 2.05) is 0 Å². The van der Waals surface area contributed by atoms with Crippen molar-refractivity contribution in [1.82, 2.24) is 9.78 Å². The van der Waals surface area contributed by atoms with Gasteiger partial charge in [0.15, 0.2) is 0 Å². The Morgan fingerprint density at radius 2 is 2.00 bits per heavy atom. The van der Waals surface area contributed by atoms with E-state index < -0.39 is 36.2 Å². The molecule has 1 heterocycles. The van der Waals surface area contributed by atoms with E-state index in [1.54, 1.807) is 6.92 Å². The Balaban J connectivity index is 2.46. The molecule has 0 aliphatic heterocycles. The van der Waals surface area contributed by atoms with Crippen LogP contribution in [0.2, 0.25) is 0 Å². The number of nitrogens with zero attached hydrogens (tertiary/aromatic N) is 2. The minimum Gasteiger partial charge on any atom is -0.394 e. The average molecular weight is 373 g/mol. The van der Waals surface area contributed by atoms with E-state index in [0.29, 0.717) is 6.07 Å². The highest BCUT2D eigenvalue weighted by Crippen LogP contribution is 2.37. The minimum atomic E-state index is -4.68. The quantitative estimate of drug-likeness (QED) is 0.516. The van der Waals surface area contributed by atoms with Crippen LogP contribution in [-0.2, 0) is 12.7 Å².